The van der Waals surface area contributed by atoms with Crippen molar-refractivity contribution in [2.24, 2.45) is 0 Å². The lowest BCUT2D eigenvalue weighted by Gasteiger charge is -2.28. The Morgan fingerprint density at radius 1 is 1.26 bits per heavy atom. The number of carbonyl (C=O) groups is 1. The standard InChI is InChI=1S/C15H18ClNO2/c16-14(15(18)17-7-2-1-3-8-17)12-4-5-13-11(10-12)6-9-19-13/h4-5,10,14H,1-3,6-9H2. The van der Waals surface area contributed by atoms with Crippen LogP contribution in [0.2, 0.25) is 0 Å². The molecule has 3 nitrogen and oxygen atoms in total. The smallest absolute Gasteiger partial charge is 0.245 e. The SMILES string of the molecule is O=C(C(Cl)c1ccc2c(c1)CCO2)N1CCCCC1. The van der Waals surface area contributed by atoms with E-state index in [1.807, 2.05) is 23.1 Å². The van der Waals surface area contributed by atoms with Crippen LogP contribution in [0.3, 0.4) is 0 Å². The van der Waals surface area contributed by atoms with Gasteiger partial charge in [0, 0.05) is 19.5 Å². The summed E-state index contributed by atoms with van der Waals surface area (Å²) < 4.78 is 5.47. The average Bonchev–Trinajstić information content (AvgIpc) is 2.94. The molecule has 1 fully saturated rings. The topological polar surface area (TPSA) is 29.5 Å². The zero-order valence-electron chi connectivity index (χ0n) is 10.9. The van der Waals surface area contributed by atoms with E-state index in [2.05, 4.69) is 0 Å². The highest BCUT2D eigenvalue weighted by Crippen LogP contribution is 2.31. The Balaban J connectivity index is 1.75. The molecule has 0 radical (unpaired) electrons. The van der Waals surface area contributed by atoms with Gasteiger partial charge in [-0.25, -0.2) is 0 Å². The van der Waals surface area contributed by atoms with E-state index < -0.39 is 5.38 Å². The maximum atomic E-state index is 12.4. The second-order valence-corrected chi connectivity index (χ2v) is 5.65. The molecule has 3 rings (SSSR count). The van der Waals surface area contributed by atoms with Crippen molar-refractivity contribution in [2.75, 3.05) is 19.7 Å². The van der Waals surface area contributed by atoms with Crippen LogP contribution < -0.4 is 4.74 Å². The van der Waals surface area contributed by atoms with Gasteiger partial charge in [-0.05, 0) is 42.5 Å². The Labute approximate surface area is 118 Å². The summed E-state index contributed by atoms with van der Waals surface area (Å²) in [5.41, 5.74) is 2.05. The molecular weight excluding hydrogens is 262 g/mol. The maximum Gasteiger partial charge on any atom is 0.245 e. The van der Waals surface area contributed by atoms with Gasteiger partial charge >= 0.3 is 0 Å². The third kappa shape index (κ3) is 2.57. The summed E-state index contributed by atoms with van der Waals surface area (Å²) in [6.45, 7) is 2.41. The molecule has 1 amide bonds. The molecule has 0 bridgehead atoms. The zero-order chi connectivity index (χ0) is 13.2. The average molecular weight is 280 g/mol. The normalized spacial score (nSPS) is 19.7. The molecule has 1 unspecified atom stereocenters. The van der Waals surface area contributed by atoms with Crippen LogP contribution in [0, 0.1) is 0 Å². The largest absolute Gasteiger partial charge is 0.493 e. The van der Waals surface area contributed by atoms with Crippen molar-refractivity contribution in [2.45, 2.75) is 31.1 Å². The lowest BCUT2D eigenvalue weighted by molar-refractivity contribution is -0.131. The van der Waals surface area contributed by atoms with Crippen molar-refractivity contribution in [3.8, 4) is 5.75 Å². The lowest BCUT2D eigenvalue weighted by atomic mass is 10.0. The van der Waals surface area contributed by atoms with E-state index in [4.69, 9.17) is 16.3 Å². The Hall–Kier alpha value is -1.22. The van der Waals surface area contributed by atoms with E-state index in [1.54, 1.807) is 0 Å². The van der Waals surface area contributed by atoms with Crippen molar-refractivity contribution in [1.82, 2.24) is 4.90 Å². The Kier molecular flexibility index (Phi) is 3.65. The minimum Gasteiger partial charge on any atom is -0.493 e. The number of piperidine rings is 1. The quantitative estimate of drug-likeness (QED) is 0.779. The molecule has 0 N–H and O–H groups in total. The number of rotatable bonds is 2. The summed E-state index contributed by atoms with van der Waals surface area (Å²) in [7, 11) is 0. The second-order valence-electron chi connectivity index (χ2n) is 5.21. The fourth-order valence-corrected chi connectivity index (χ4v) is 3.06. The predicted molar refractivity (Wildman–Crippen MR) is 74.7 cm³/mol. The highest BCUT2D eigenvalue weighted by atomic mass is 35.5. The molecule has 1 aromatic rings. The van der Waals surface area contributed by atoms with Gasteiger partial charge in [-0.1, -0.05) is 6.07 Å². The van der Waals surface area contributed by atoms with E-state index in [0.29, 0.717) is 0 Å². The predicted octanol–water partition coefficient (Wildman–Crippen LogP) is 2.91. The van der Waals surface area contributed by atoms with Gasteiger partial charge in [0.25, 0.3) is 0 Å². The number of amides is 1. The number of benzene rings is 1. The van der Waals surface area contributed by atoms with Crippen LogP contribution in [0.25, 0.3) is 0 Å². The van der Waals surface area contributed by atoms with E-state index in [1.165, 1.54) is 6.42 Å². The minimum absolute atomic E-state index is 0.0419. The summed E-state index contributed by atoms with van der Waals surface area (Å²) in [6, 6.07) is 5.85. The highest BCUT2D eigenvalue weighted by molar-refractivity contribution is 6.30. The van der Waals surface area contributed by atoms with Crippen molar-refractivity contribution < 1.29 is 9.53 Å². The molecule has 0 aromatic heterocycles. The van der Waals surface area contributed by atoms with E-state index in [0.717, 1.165) is 55.8 Å². The molecule has 102 valence electrons. The van der Waals surface area contributed by atoms with Crippen LogP contribution >= 0.6 is 11.6 Å². The molecule has 2 aliphatic rings. The Morgan fingerprint density at radius 2 is 2.05 bits per heavy atom. The van der Waals surface area contributed by atoms with Crippen molar-refractivity contribution >= 4 is 17.5 Å². The van der Waals surface area contributed by atoms with Crippen LogP contribution in [0.15, 0.2) is 18.2 Å². The number of hydrogen-bond donors (Lipinski definition) is 0. The molecule has 19 heavy (non-hydrogen) atoms. The van der Waals surface area contributed by atoms with Gasteiger partial charge in [-0.15, -0.1) is 11.6 Å². The Bertz CT molecular complexity index is 483. The fraction of sp³-hybridized carbons (Fsp3) is 0.533. The van der Waals surface area contributed by atoms with Gasteiger partial charge in [-0.3, -0.25) is 4.79 Å². The minimum atomic E-state index is -0.566. The lowest BCUT2D eigenvalue weighted by Crippen LogP contribution is -2.37. The monoisotopic (exact) mass is 279 g/mol. The first-order valence-corrected chi connectivity index (χ1v) is 7.38. The van der Waals surface area contributed by atoms with Gasteiger partial charge < -0.3 is 9.64 Å². The zero-order valence-corrected chi connectivity index (χ0v) is 11.7. The number of ether oxygens (including phenoxy) is 1. The molecule has 2 heterocycles. The molecule has 1 aromatic carbocycles. The number of likely N-dealkylation sites (tertiary alicyclic amines) is 1. The molecular formula is C15H18ClNO2. The second kappa shape index (κ2) is 5.41. The molecule has 0 saturated carbocycles. The molecule has 2 aliphatic heterocycles. The van der Waals surface area contributed by atoms with Gasteiger partial charge in [0.15, 0.2) is 0 Å². The highest BCUT2D eigenvalue weighted by Gasteiger charge is 2.26. The van der Waals surface area contributed by atoms with Crippen LogP contribution in [-0.2, 0) is 11.2 Å². The maximum absolute atomic E-state index is 12.4. The van der Waals surface area contributed by atoms with Crippen LogP contribution in [-0.4, -0.2) is 30.5 Å². The molecule has 0 spiro atoms. The third-order valence-electron chi connectivity index (χ3n) is 3.89. The summed E-state index contributed by atoms with van der Waals surface area (Å²) in [6.07, 6.45) is 4.30. The Morgan fingerprint density at radius 3 is 2.84 bits per heavy atom. The van der Waals surface area contributed by atoms with Crippen molar-refractivity contribution in [3.05, 3.63) is 29.3 Å². The molecule has 0 aliphatic carbocycles. The summed E-state index contributed by atoms with van der Waals surface area (Å²) >= 11 is 6.36. The molecule has 4 heteroatoms. The first-order chi connectivity index (χ1) is 9.25. The van der Waals surface area contributed by atoms with Crippen LogP contribution in [0.1, 0.15) is 35.8 Å². The van der Waals surface area contributed by atoms with E-state index in [-0.39, 0.29) is 5.91 Å². The number of nitrogens with zero attached hydrogens (tertiary/aromatic N) is 1. The number of carbonyl (C=O) groups excluding carboxylic acids is 1. The fourth-order valence-electron chi connectivity index (χ4n) is 2.78. The van der Waals surface area contributed by atoms with Gasteiger partial charge in [-0.2, -0.15) is 0 Å². The van der Waals surface area contributed by atoms with Crippen LogP contribution in [0.5, 0.6) is 5.75 Å². The number of halogens is 1. The van der Waals surface area contributed by atoms with Crippen molar-refractivity contribution in [3.63, 3.8) is 0 Å². The number of hydrogen-bond acceptors (Lipinski definition) is 2. The number of alkyl halides is 1. The molecule has 1 atom stereocenters. The summed E-state index contributed by atoms with van der Waals surface area (Å²) in [5.74, 6) is 0.971. The van der Waals surface area contributed by atoms with Gasteiger partial charge in [0.05, 0.1) is 6.61 Å². The van der Waals surface area contributed by atoms with Gasteiger partial charge in [0.2, 0.25) is 5.91 Å². The van der Waals surface area contributed by atoms with Gasteiger partial charge in [0.1, 0.15) is 11.1 Å². The van der Waals surface area contributed by atoms with E-state index in [9.17, 15) is 4.79 Å². The molecule has 1 saturated heterocycles. The first-order valence-electron chi connectivity index (χ1n) is 6.94. The summed E-state index contributed by atoms with van der Waals surface area (Å²) in [5, 5.41) is -0.566. The summed E-state index contributed by atoms with van der Waals surface area (Å²) in [4.78, 5) is 14.3. The van der Waals surface area contributed by atoms with E-state index >= 15 is 0 Å². The van der Waals surface area contributed by atoms with Crippen molar-refractivity contribution in [1.29, 1.82) is 0 Å². The number of fused-ring (bicyclic) bond motifs is 1. The third-order valence-corrected chi connectivity index (χ3v) is 4.33. The van der Waals surface area contributed by atoms with Crippen LogP contribution in [0.4, 0.5) is 0 Å². The first kappa shape index (κ1) is 12.8.